The Kier molecular flexibility index (Phi) is 10.5. The SMILES string of the molecule is CCCCN(CC(O)CN1C(C)(C)CC(OC(=O)CC)CC1(C)C)C1CC(C)(C)N(OC)C(C)(C)C1. The van der Waals surface area contributed by atoms with Gasteiger partial charge in [-0.1, -0.05) is 20.3 Å². The number of aliphatic hydroxyl groups is 1. The van der Waals surface area contributed by atoms with Gasteiger partial charge in [-0.05, 0) is 81.2 Å². The summed E-state index contributed by atoms with van der Waals surface area (Å²) in [7, 11) is 1.78. The molecule has 0 bridgehead atoms. The number of hydrogen-bond donors (Lipinski definition) is 1. The summed E-state index contributed by atoms with van der Waals surface area (Å²) in [6.07, 6.45) is 5.72. The van der Waals surface area contributed by atoms with E-state index < -0.39 is 6.10 Å². The summed E-state index contributed by atoms with van der Waals surface area (Å²) < 4.78 is 5.76. The fraction of sp³-hybridized carbons (Fsp3) is 0.966. The molecule has 7 heteroatoms. The smallest absolute Gasteiger partial charge is 0.305 e. The average molecular weight is 512 g/mol. The van der Waals surface area contributed by atoms with E-state index in [4.69, 9.17) is 9.57 Å². The molecule has 0 aromatic heterocycles. The molecule has 7 nitrogen and oxygen atoms in total. The van der Waals surface area contributed by atoms with Crippen LogP contribution < -0.4 is 0 Å². The lowest BCUT2D eigenvalue weighted by molar-refractivity contribution is -0.272. The summed E-state index contributed by atoms with van der Waals surface area (Å²) >= 11 is 0. The molecule has 2 rings (SSSR count). The second-order valence-electron chi connectivity index (χ2n) is 13.8. The Morgan fingerprint density at radius 1 is 0.944 bits per heavy atom. The number of β-amino-alcohol motifs (C(OH)–C–C–N with tert-alkyl or cyclic N) is 1. The molecule has 0 amide bonds. The molecular weight excluding hydrogens is 454 g/mol. The monoisotopic (exact) mass is 511 g/mol. The fourth-order valence-corrected chi connectivity index (χ4v) is 7.36. The van der Waals surface area contributed by atoms with E-state index in [2.05, 4.69) is 77.2 Å². The molecule has 2 aliphatic rings. The number of hydroxylamine groups is 2. The molecule has 2 heterocycles. The zero-order chi connectivity index (χ0) is 27.5. The van der Waals surface area contributed by atoms with Crippen molar-refractivity contribution in [3.63, 3.8) is 0 Å². The van der Waals surface area contributed by atoms with Crippen molar-refractivity contribution in [3.8, 4) is 0 Å². The van der Waals surface area contributed by atoms with Gasteiger partial charge in [0, 0.05) is 60.5 Å². The molecule has 2 fully saturated rings. The Bertz CT molecular complexity index is 685. The van der Waals surface area contributed by atoms with Crippen molar-refractivity contribution in [2.45, 2.75) is 155 Å². The molecule has 0 aliphatic carbocycles. The van der Waals surface area contributed by atoms with Gasteiger partial charge < -0.3 is 14.7 Å². The first-order valence-corrected chi connectivity index (χ1v) is 14.2. The zero-order valence-electron chi connectivity index (χ0n) is 25.3. The van der Waals surface area contributed by atoms with Gasteiger partial charge in [0.05, 0.1) is 13.2 Å². The third-order valence-corrected chi connectivity index (χ3v) is 8.41. The van der Waals surface area contributed by atoms with E-state index in [9.17, 15) is 9.90 Å². The van der Waals surface area contributed by atoms with E-state index in [0.29, 0.717) is 25.6 Å². The van der Waals surface area contributed by atoms with Crippen LogP contribution in [0.2, 0.25) is 0 Å². The molecule has 1 N–H and O–H groups in total. The molecule has 0 spiro atoms. The first-order valence-electron chi connectivity index (χ1n) is 14.2. The van der Waals surface area contributed by atoms with Gasteiger partial charge in [0.25, 0.3) is 0 Å². The van der Waals surface area contributed by atoms with E-state index >= 15 is 0 Å². The summed E-state index contributed by atoms with van der Waals surface area (Å²) in [5, 5.41) is 13.6. The molecule has 36 heavy (non-hydrogen) atoms. The minimum absolute atomic E-state index is 0.0765. The lowest BCUT2D eigenvalue weighted by Crippen LogP contribution is -2.65. The largest absolute Gasteiger partial charge is 0.462 e. The van der Waals surface area contributed by atoms with Gasteiger partial charge in [-0.3, -0.25) is 14.6 Å². The Morgan fingerprint density at radius 2 is 1.47 bits per heavy atom. The Balaban J connectivity index is 2.16. The summed E-state index contributed by atoms with van der Waals surface area (Å²) in [4.78, 5) is 22.8. The van der Waals surface area contributed by atoms with E-state index in [0.717, 1.165) is 45.1 Å². The summed E-state index contributed by atoms with van der Waals surface area (Å²) in [6, 6.07) is 0.391. The quantitative estimate of drug-likeness (QED) is 0.391. The molecule has 212 valence electrons. The topological polar surface area (TPSA) is 65.5 Å². The van der Waals surface area contributed by atoms with Crippen LogP contribution >= 0.6 is 0 Å². The first kappa shape index (κ1) is 31.5. The second kappa shape index (κ2) is 12.0. The third-order valence-electron chi connectivity index (χ3n) is 8.41. The number of nitrogens with zero attached hydrogens (tertiary/aromatic N) is 3. The maximum atomic E-state index is 12.0. The third kappa shape index (κ3) is 7.66. The van der Waals surface area contributed by atoms with E-state index in [1.165, 1.54) is 0 Å². The number of ether oxygens (including phenoxy) is 1. The van der Waals surface area contributed by atoms with Crippen molar-refractivity contribution in [1.29, 1.82) is 0 Å². The molecule has 1 atom stereocenters. The van der Waals surface area contributed by atoms with Gasteiger partial charge >= 0.3 is 5.97 Å². The van der Waals surface area contributed by atoms with Crippen molar-refractivity contribution in [2.24, 2.45) is 0 Å². The van der Waals surface area contributed by atoms with Gasteiger partial charge in [-0.15, -0.1) is 0 Å². The predicted molar refractivity (Wildman–Crippen MR) is 147 cm³/mol. The van der Waals surface area contributed by atoms with Crippen LogP contribution in [0.1, 0.15) is 114 Å². The highest BCUT2D eigenvalue weighted by Gasteiger charge is 2.49. The molecule has 0 aromatic rings. The van der Waals surface area contributed by atoms with Gasteiger partial charge in [-0.25, -0.2) is 0 Å². The second-order valence-corrected chi connectivity index (χ2v) is 13.8. The maximum Gasteiger partial charge on any atom is 0.305 e. The summed E-state index contributed by atoms with van der Waals surface area (Å²) in [5.41, 5.74) is -0.524. The Hall–Kier alpha value is -0.730. The summed E-state index contributed by atoms with van der Waals surface area (Å²) in [5.74, 6) is -0.128. The minimum Gasteiger partial charge on any atom is -0.462 e. The Morgan fingerprint density at radius 3 is 1.92 bits per heavy atom. The maximum absolute atomic E-state index is 12.0. The molecular formula is C29H57N3O4. The van der Waals surface area contributed by atoms with Crippen molar-refractivity contribution >= 4 is 5.97 Å². The fourth-order valence-electron chi connectivity index (χ4n) is 7.36. The molecule has 2 saturated heterocycles. The minimum atomic E-state index is -0.457. The first-order chi connectivity index (χ1) is 16.5. The molecule has 0 saturated carbocycles. The van der Waals surface area contributed by atoms with Crippen molar-refractivity contribution < 1.29 is 19.5 Å². The van der Waals surface area contributed by atoms with E-state index in [1.54, 1.807) is 7.11 Å². The van der Waals surface area contributed by atoms with Crippen LogP contribution in [0.5, 0.6) is 0 Å². The lowest BCUT2D eigenvalue weighted by Gasteiger charge is -2.56. The number of likely N-dealkylation sites (tertiary alicyclic amines) is 1. The number of unbranched alkanes of at least 4 members (excludes halogenated alkanes) is 1. The van der Waals surface area contributed by atoms with Crippen LogP contribution in [0.4, 0.5) is 0 Å². The van der Waals surface area contributed by atoms with Crippen LogP contribution in [-0.4, -0.2) is 93.1 Å². The number of piperidine rings is 2. The standard InChI is InChI=1S/C29H57N3O4/c1-12-14-15-30(22-16-28(7,8)32(35-11)29(9,10)17-22)20-23(33)21-31-26(3,4)18-24(19-27(31,5)6)36-25(34)13-2/h22-24,33H,12-21H2,1-11H3. The van der Waals surface area contributed by atoms with E-state index in [-0.39, 0.29) is 34.2 Å². The van der Waals surface area contributed by atoms with Gasteiger partial charge in [0.1, 0.15) is 6.10 Å². The predicted octanol–water partition coefficient (Wildman–Crippen LogP) is 5.01. The molecule has 1 unspecified atom stereocenters. The van der Waals surface area contributed by atoms with Crippen LogP contribution in [-0.2, 0) is 14.4 Å². The zero-order valence-corrected chi connectivity index (χ0v) is 25.3. The number of hydrogen-bond acceptors (Lipinski definition) is 7. The van der Waals surface area contributed by atoms with Crippen LogP contribution in [0.3, 0.4) is 0 Å². The molecule has 0 aromatic carbocycles. The number of aliphatic hydroxyl groups excluding tert-OH is 1. The highest BCUT2D eigenvalue weighted by molar-refractivity contribution is 5.69. The molecule has 0 radical (unpaired) electrons. The normalized spacial score (nSPS) is 25.7. The number of carbonyl (C=O) groups excluding carboxylic acids is 1. The molecule has 2 aliphatic heterocycles. The van der Waals surface area contributed by atoms with E-state index in [1.807, 2.05) is 6.92 Å². The van der Waals surface area contributed by atoms with Crippen molar-refractivity contribution in [3.05, 3.63) is 0 Å². The highest BCUT2D eigenvalue weighted by Crippen LogP contribution is 2.42. The number of esters is 1. The average Bonchev–Trinajstić information content (AvgIpc) is 2.71. The van der Waals surface area contributed by atoms with Crippen molar-refractivity contribution in [2.75, 3.05) is 26.7 Å². The van der Waals surface area contributed by atoms with Gasteiger partial charge in [0.15, 0.2) is 0 Å². The van der Waals surface area contributed by atoms with Gasteiger partial charge in [-0.2, -0.15) is 5.06 Å². The van der Waals surface area contributed by atoms with Crippen molar-refractivity contribution in [1.82, 2.24) is 14.9 Å². The number of rotatable bonds is 11. The van der Waals surface area contributed by atoms with Crippen LogP contribution in [0.25, 0.3) is 0 Å². The van der Waals surface area contributed by atoms with Gasteiger partial charge in [0.2, 0.25) is 0 Å². The number of carbonyl (C=O) groups is 1. The lowest BCUT2D eigenvalue weighted by atomic mass is 9.77. The van der Waals surface area contributed by atoms with Crippen LogP contribution in [0, 0.1) is 0 Å². The van der Waals surface area contributed by atoms with Crippen LogP contribution in [0.15, 0.2) is 0 Å². The highest BCUT2D eigenvalue weighted by atomic mass is 16.7. The summed E-state index contributed by atoms with van der Waals surface area (Å²) in [6.45, 7) is 24.3. The Labute approximate surface area is 221 Å².